The molecule has 0 spiro atoms. The number of hydrogen-bond donors (Lipinski definition) is 1. The molecule has 0 aliphatic carbocycles. The van der Waals surface area contributed by atoms with Crippen LogP contribution in [0.2, 0.25) is 5.02 Å². The number of hydrogen-bond acceptors (Lipinski definition) is 4. The molecule has 0 aliphatic rings. The quantitative estimate of drug-likeness (QED) is 0.281. The van der Waals surface area contributed by atoms with Gasteiger partial charge in [-0.3, -0.25) is 13.9 Å². The minimum absolute atomic E-state index is 0.0142. The third-order valence-corrected chi connectivity index (χ3v) is 8.92. The van der Waals surface area contributed by atoms with Crippen LogP contribution in [0.3, 0.4) is 0 Å². The summed E-state index contributed by atoms with van der Waals surface area (Å²) in [5.74, 6) is -1.17. The Hall–Kier alpha value is -3.43. The van der Waals surface area contributed by atoms with Gasteiger partial charge in [-0.15, -0.1) is 0 Å². The summed E-state index contributed by atoms with van der Waals surface area (Å²) in [5.41, 5.74) is 2.23. The van der Waals surface area contributed by atoms with Gasteiger partial charge in [0.05, 0.1) is 10.6 Å². The van der Waals surface area contributed by atoms with Gasteiger partial charge in [-0.2, -0.15) is 0 Å². The fraction of sp³-hybridized carbons (Fsp3) is 0.355. The normalized spacial score (nSPS) is 12.2. The van der Waals surface area contributed by atoms with Crippen molar-refractivity contribution in [1.29, 1.82) is 0 Å². The second-order valence-electron chi connectivity index (χ2n) is 10.4. The summed E-state index contributed by atoms with van der Waals surface area (Å²) >= 11 is 6.37. The molecule has 220 valence electrons. The van der Waals surface area contributed by atoms with Crippen molar-refractivity contribution in [3.8, 4) is 0 Å². The molecule has 10 heteroatoms. The molecule has 0 aliphatic heterocycles. The summed E-state index contributed by atoms with van der Waals surface area (Å²) < 4.78 is 42.7. The maximum Gasteiger partial charge on any atom is 0.264 e. The molecule has 1 atom stereocenters. The smallest absolute Gasteiger partial charge is 0.264 e. The fourth-order valence-electron chi connectivity index (χ4n) is 4.35. The van der Waals surface area contributed by atoms with E-state index in [0.717, 1.165) is 9.87 Å². The monoisotopic (exact) mass is 601 g/mol. The first kappa shape index (κ1) is 32.1. The maximum atomic E-state index is 14.1. The van der Waals surface area contributed by atoms with E-state index in [1.807, 2.05) is 20.8 Å². The number of anilines is 1. The molecule has 0 saturated heterocycles. The second kappa shape index (κ2) is 14.0. The summed E-state index contributed by atoms with van der Waals surface area (Å²) in [6.45, 7) is 9.07. The van der Waals surface area contributed by atoms with Crippen molar-refractivity contribution in [3.05, 3.63) is 94.3 Å². The van der Waals surface area contributed by atoms with E-state index in [1.54, 1.807) is 44.2 Å². The van der Waals surface area contributed by atoms with Crippen LogP contribution < -0.4 is 9.62 Å². The Morgan fingerprint density at radius 2 is 1.61 bits per heavy atom. The van der Waals surface area contributed by atoms with Gasteiger partial charge in [0.25, 0.3) is 10.0 Å². The van der Waals surface area contributed by atoms with Crippen LogP contribution >= 0.6 is 11.6 Å². The maximum absolute atomic E-state index is 14.1. The predicted octanol–water partition coefficient (Wildman–Crippen LogP) is 5.87. The lowest BCUT2D eigenvalue weighted by atomic mass is 10.1. The number of benzene rings is 3. The summed E-state index contributed by atoms with van der Waals surface area (Å²) in [4.78, 5) is 28.7. The van der Waals surface area contributed by atoms with Crippen LogP contribution in [0.15, 0.2) is 71.6 Å². The lowest BCUT2D eigenvalue weighted by Gasteiger charge is -2.33. The van der Waals surface area contributed by atoms with Crippen molar-refractivity contribution in [2.24, 2.45) is 5.92 Å². The van der Waals surface area contributed by atoms with Crippen molar-refractivity contribution in [2.45, 2.75) is 58.5 Å². The zero-order valence-electron chi connectivity index (χ0n) is 24.0. The molecule has 41 heavy (non-hydrogen) atoms. The summed E-state index contributed by atoms with van der Waals surface area (Å²) in [7, 11) is -4.21. The lowest BCUT2D eigenvalue weighted by Crippen LogP contribution is -2.52. The molecule has 0 aromatic heterocycles. The van der Waals surface area contributed by atoms with E-state index in [0.29, 0.717) is 22.7 Å². The van der Waals surface area contributed by atoms with Gasteiger partial charge in [0.2, 0.25) is 11.8 Å². The minimum atomic E-state index is -4.21. The molecule has 0 unspecified atom stereocenters. The standard InChI is InChI=1S/C31H37ClFN3O4S/c1-6-28(31(38)34-18-21(2)3)35(19-24-12-14-25(33)15-13-24)30(37)20-36(29-9-7-8-27(32)23(29)5)41(39,40)26-16-10-22(4)11-17-26/h7-17,21,28H,6,18-20H2,1-5H3,(H,34,38)/t28-/m0/s1. The van der Waals surface area contributed by atoms with Crippen LogP contribution in [-0.2, 0) is 26.2 Å². The number of carbonyl (C=O) groups excluding carboxylic acids is 2. The number of aryl methyl sites for hydroxylation is 1. The van der Waals surface area contributed by atoms with Gasteiger partial charge in [-0.25, -0.2) is 12.8 Å². The highest BCUT2D eigenvalue weighted by molar-refractivity contribution is 7.92. The van der Waals surface area contributed by atoms with Gasteiger partial charge in [-0.05, 0) is 73.7 Å². The Morgan fingerprint density at radius 3 is 2.20 bits per heavy atom. The van der Waals surface area contributed by atoms with Gasteiger partial charge in [-0.1, -0.05) is 68.3 Å². The first-order valence-corrected chi connectivity index (χ1v) is 15.3. The molecule has 0 heterocycles. The van der Waals surface area contributed by atoms with Gasteiger partial charge >= 0.3 is 0 Å². The van der Waals surface area contributed by atoms with E-state index < -0.39 is 34.3 Å². The van der Waals surface area contributed by atoms with Crippen molar-refractivity contribution >= 4 is 39.1 Å². The molecule has 1 N–H and O–H groups in total. The first-order valence-electron chi connectivity index (χ1n) is 13.5. The van der Waals surface area contributed by atoms with E-state index in [4.69, 9.17) is 11.6 Å². The first-order chi connectivity index (χ1) is 19.3. The SMILES string of the molecule is CC[C@@H](C(=O)NCC(C)C)N(Cc1ccc(F)cc1)C(=O)CN(c1cccc(Cl)c1C)S(=O)(=O)c1ccc(C)cc1. The molecule has 0 saturated carbocycles. The average molecular weight is 602 g/mol. The van der Waals surface area contributed by atoms with Crippen LogP contribution in [0.1, 0.15) is 43.9 Å². The highest BCUT2D eigenvalue weighted by Gasteiger charge is 2.34. The highest BCUT2D eigenvalue weighted by atomic mass is 35.5. The van der Waals surface area contributed by atoms with Gasteiger partial charge in [0.1, 0.15) is 18.4 Å². The predicted molar refractivity (Wildman–Crippen MR) is 161 cm³/mol. The molecule has 3 aromatic carbocycles. The van der Waals surface area contributed by atoms with E-state index in [9.17, 15) is 22.4 Å². The van der Waals surface area contributed by atoms with Gasteiger partial charge in [0.15, 0.2) is 0 Å². The molecule has 3 aromatic rings. The topological polar surface area (TPSA) is 86.8 Å². The number of nitrogens with zero attached hydrogens (tertiary/aromatic N) is 2. The second-order valence-corrected chi connectivity index (χ2v) is 12.7. The zero-order chi connectivity index (χ0) is 30.3. The Labute approximate surface area is 247 Å². The van der Waals surface area contributed by atoms with Gasteiger partial charge in [0, 0.05) is 18.1 Å². The third-order valence-electron chi connectivity index (χ3n) is 6.73. The number of rotatable bonds is 12. The van der Waals surface area contributed by atoms with E-state index >= 15 is 0 Å². The number of amides is 2. The minimum Gasteiger partial charge on any atom is -0.354 e. The van der Waals surface area contributed by atoms with Crippen LogP contribution in [0, 0.1) is 25.6 Å². The Morgan fingerprint density at radius 1 is 0.976 bits per heavy atom. The number of halogens is 2. The largest absolute Gasteiger partial charge is 0.354 e. The molecule has 2 amide bonds. The Bertz CT molecular complexity index is 1460. The summed E-state index contributed by atoms with van der Waals surface area (Å²) in [6.07, 6.45) is 0.289. The van der Waals surface area contributed by atoms with Crippen LogP contribution in [0.25, 0.3) is 0 Å². The highest BCUT2D eigenvalue weighted by Crippen LogP contribution is 2.31. The summed E-state index contributed by atoms with van der Waals surface area (Å²) in [5, 5.41) is 3.23. The van der Waals surface area contributed by atoms with E-state index in [-0.39, 0.29) is 35.4 Å². The Balaban J connectivity index is 2.08. The van der Waals surface area contributed by atoms with Crippen molar-refractivity contribution in [3.63, 3.8) is 0 Å². The average Bonchev–Trinajstić information content (AvgIpc) is 2.93. The third kappa shape index (κ3) is 8.07. The van der Waals surface area contributed by atoms with Crippen LogP contribution in [0.4, 0.5) is 10.1 Å². The molecule has 0 bridgehead atoms. The van der Waals surface area contributed by atoms with Gasteiger partial charge < -0.3 is 10.2 Å². The molecule has 3 rings (SSSR count). The lowest BCUT2D eigenvalue weighted by molar-refractivity contribution is -0.140. The molecule has 0 fully saturated rings. The van der Waals surface area contributed by atoms with Crippen molar-refractivity contribution < 1.29 is 22.4 Å². The van der Waals surface area contributed by atoms with Crippen LogP contribution in [0.5, 0.6) is 0 Å². The molecular formula is C31H37ClFN3O4S. The van der Waals surface area contributed by atoms with E-state index in [1.165, 1.54) is 41.3 Å². The number of nitrogens with one attached hydrogen (secondary N) is 1. The van der Waals surface area contributed by atoms with Crippen LogP contribution in [-0.4, -0.2) is 44.3 Å². The molecular weight excluding hydrogens is 565 g/mol. The van der Waals surface area contributed by atoms with Crippen molar-refractivity contribution in [2.75, 3.05) is 17.4 Å². The zero-order valence-corrected chi connectivity index (χ0v) is 25.6. The molecule has 0 radical (unpaired) electrons. The Kier molecular flexibility index (Phi) is 10.9. The number of sulfonamides is 1. The molecule has 7 nitrogen and oxygen atoms in total. The van der Waals surface area contributed by atoms with Crippen molar-refractivity contribution in [1.82, 2.24) is 10.2 Å². The fourth-order valence-corrected chi connectivity index (χ4v) is 5.99. The number of carbonyl (C=O) groups is 2. The summed E-state index contributed by atoms with van der Waals surface area (Å²) in [6, 6.07) is 16.0. The van der Waals surface area contributed by atoms with E-state index in [2.05, 4.69) is 5.32 Å².